The molecule has 0 aliphatic rings. The van der Waals surface area contributed by atoms with Gasteiger partial charge < -0.3 is 11.5 Å². The van der Waals surface area contributed by atoms with E-state index in [-0.39, 0.29) is 11.8 Å². The maximum Gasteiger partial charge on any atom is 0.224 e. The first-order valence-electron chi connectivity index (χ1n) is 7.70. The van der Waals surface area contributed by atoms with E-state index in [0.29, 0.717) is 26.9 Å². The van der Waals surface area contributed by atoms with E-state index in [4.69, 9.17) is 23.1 Å². The average Bonchev–Trinajstić information content (AvgIpc) is 2.64. The summed E-state index contributed by atoms with van der Waals surface area (Å²) < 4.78 is 0. The number of nitrogen functional groups attached to an aromatic ring is 2. The van der Waals surface area contributed by atoms with Crippen molar-refractivity contribution in [2.24, 2.45) is 0 Å². The topological polar surface area (TPSA) is 104 Å². The Balaban J connectivity index is 1.91. The molecule has 0 saturated heterocycles. The van der Waals surface area contributed by atoms with Gasteiger partial charge in [-0.05, 0) is 24.3 Å². The van der Waals surface area contributed by atoms with Gasteiger partial charge in [-0.15, -0.1) is 0 Å². The summed E-state index contributed by atoms with van der Waals surface area (Å²) in [7, 11) is 0. The predicted octanol–water partition coefficient (Wildman–Crippen LogP) is 4.06. The summed E-state index contributed by atoms with van der Waals surface area (Å²) in [6.07, 6.45) is 0. The molecule has 0 fully saturated rings. The van der Waals surface area contributed by atoms with Crippen molar-refractivity contribution in [3.05, 3.63) is 59.6 Å². The van der Waals surface area contributed by atoms with E-state index in [2.05, 4.69) is 19.9 Å². The summed E-state index contributed by atoms with van der Waals surface area (Å²) in [5.74, 6) is 0.277. The monoisotopic (exact) mass is 380 g/mol. The molecule has 0 bridgehead atoms. The molecule has 0 unspecified atom stereocenters. The zero-order chi connectivity index (χ0) is 18.1. The number of anilines is 2. The van der Waals surface area contributed by atoms with E-state index in [0.717, 1.165) is 10.5 Å². The summed E-state index contributed by atoms with van der Waals surface area (Å²) >= 11 is 7.44. The molecule has 0 spiro atoms. The minimum atomic E-state index is 0.0708. The van der Waals surface area contributed by atoms with Crippen LogP contribution in [0.2, 0.25) is 5.02 Å². The molecule has 128 valence electrons. The summed E-state index contributed by atoms with van der Waals surface area (Å²) in [4.78, 5) is 18.5. The maximum atomic E-state index is 5.97. The second kappa shape index (κ2) is 6.78. The van der Waals surface area contributed by atoms with Gasteiger partial charge in [0.2, 0.25) is 5.95 Å². The predicted molar refractivity (Wildman–Crippen MR) is 105 cm³/mol. The van der Waals surface area contributed by atoms with Gasteiger partial charge in [-0.2, -0.15) is 9.97 Å². The molecule has 2 aromatic heterocycles. The molecule has 0 aliphatic heterocycles. The second-order valence-corrected chi connectivity index (χ2v) is 6.94. The Labute approximate surface area is 158 Å². The number of halogens is 1. The third-order valence-electron chi connectivity index (χ3n) is 3.62. The van der Waals surface area contributed by atoms with Crippen molar-refractivity contribution in [1.29, 1.82) is 0 Å². The van der Waals surface area contributed by atoms with Gasteiger partial charge in [0.1, 0.15) is 10.7 Å². The lowest BCUT2D eigenvalue weighted by Crippen LogP contribution is -2.04. The summed E-state index contributed by atoms with van der Waals surface area (Å²) in [5, 5.41) is 1.38. The van der Waals surface area contributed by atoms with Gasteiger partial charge in [0, 0.05) is 15.5 Å². The molecular formula is C18H13ClN6S. The first kappa shape index (κ1) is 16.6. The Hall–Kier alpha value is -2.90. The quantitative estimate of drug-likeness (QED) is 0.552. The standard InChI is InChI=1S/C18H13ClN6S/c19-11-6-8-12(9-7-11)26-17-13(10-4-2-1-3-5-10)22-16-14(23-17)15(20)24-18(21)25-16/h1-9H,(H4,20,21,22,24,25). The first-order valence-corrected chi connectivity index (χ1v) is 8.89. The van der Waals surface area contributed by atoms with Crippen LogP contribution in [0.1, 0.15) is 0 Å². The van der Waals surface area contributed by atoms with Crippen molar-refractivity contribution in [2.45, 2.75) is 9.92 Å². The number of hydrogen-bond donors (Lipinski definition) is 2. The van der Waals surface area contributed by atoms with Gasteiger partial charge >= 0.3 is 0 Å². The van der Waals surface area contributed by atoms with Gasteiger partial charge in [0.05, 0.1) is 0 Å². The number of fused-ring (bicyclic) bond motifs is 1. The fraction of sp³-hybridized carbons (Fsp3) is 0. The van der Waals surface area contributed by atoms with Crippen molar-refractivity contribution in [1.82, 2.24) is 19.9 Å². The van der Waals surface area contributed by atoms with Crippen molar-refractivity contribution >= 4 is 46.3 Å². The number of rotatable bonds is 3. The van der Waals surface area contributed by atoms with E-state index in [1.54, 1.807) is 0 Å². The molecular weight excluding hydrogens is 368 g/mol. The Bertz CT molecular complexity index is 1090. The smallest absolute Gasteiger partial charge is 0.224 e. The molecule has 0 amide bonds. The average molecular weight is 381 g/mol. The lowest BCUT2D eigenvalue weighted by atomic mass is 10.2. The number of nitrogens with two attached hydrogens (primary N) is 2. The Morgan fingerprint density at radius 1 is 0.808 bits per heavy atom. The van der Waals surface area contributed by atoms with Crippen LogP contribution in [0.5, 0.6) is 0 Å². The summed E-state index contributed by atoms with van der Waals surface area (Å²) in [5.41, 5.74) is 14.1. The molecule has 8 heteroatoms. The van der Waals surface area contributed by atoms with Gasteiger partial charge in [-0.25, -0.2) is 9.97 Å². The number of benzene rings is 2. The van der Waals surface area contributed by atoms with Crippen LogP contribution in [0.3, 0.4) is 0 Å². The highest BCUT2D eigenvalue weighted by Crippen LogP contribution is 2.35. The molecule has 2 heterocycles. The molecule has 2 aromatic carbocycles. The summed E-state index contributed by atoms with van der Waals surface area (Å²) in [6, 6.07) is 17.3. The fourth-order valence-electron chi connectivity index (χ4n) is 2.44. The Kier molecular flexibility index (Phi) is 4.32. The minimum absolute atomic E-state index is 0.0708. The molecule has 0 saturated carbocycles. The SMILES string of the molecule is Nc1nc(N)c2nc(Sc3ccc(Cl)cc3)c(-c3ccccc3)nc2n1. The van der Waals surface area contributed by atoms with E-state index in [1.165, 1.54) is 11.8 Å². The Morgan fingerprint density at radius 3 is 2.27 bits per heavy atom. The molecule has 0 atom stereocenters. The highest BCUT2D eigenvalue weighted by atomic mass is 35.5. The normalized spacial score (nSPS) is 11.0. The molecule has 26 heavy (non-hydrogen) atoms. The zero-order valence-electron chi connectivity index (χ0n) is 13.4. The van der Waals surface area contributed by atoms with E-state index < -0.39 is 0 Å². The minimum Gasteiger partial charge on any atom is -0.382 e. The highest BCUT2D eigenvalue weighted by molar-refractivity contribution is 7.99. The van der Waals surface area contributed by atoms with Crippen molar-refractivity contribution in [3.8, 4) is 11.3 Å². The number of nitrogens with zero attached hydrogens (tertiary/aromatic N) is 4. The van der Waals surface area contributed by atoms with Crippen LogP contribution in [0.4, 0.5) is 11.8 Å². The van der Waals surface area contributed by atoms with Gasteiger partial charge in [-0.3, -0.25) is 0 Å². The van der Waals surface area contributed by atoms with Gasteiger partial charge in [0.15, 0.2) is 17.0 Å². The third-order valence-corrected chi connectivity index (χ3v) is 4.86. The maximum absolute atomic E-state index is 5.97. The van der Waals surface area contributed by atoms with Crippen LogP contribution >= 0.6 is 23.4 Å². The van der Waals surface area contributed by atoms with Crippen molar-refractivity contribution in [2.75, 3.05) is 11.5 Å². The van der Waals surface area contributed by atoms with Crippen molar-refractivity contribution < 1.29 is 0 Å². The van der Waals surface area contributed by atoms with Crippen molar-refractivity contribution in [3.63, 3.8) is 0 Å². The number of aromatic nitrogens is 4. The largest absolute Gasteiger partial charge is 0.382 e. The van der Waals surface area contributed by atoms with Crippen LogP contribution in [-0.4, -0.2) is 19.9 Å². The third kappa shape index (κ3) is 3.26. The van der Waals surface area contributed by atoms with Crippen LogP contribution in [0, 0.1) is 0 Å². The van der Waals surface area contributed by atoms with Crippen LogP contribution in [-0.2, 0) is 0 Å². The van der Waals surface area contributed by atoms with Gasteiger partial charge in [-0.1, -0.05) is 53.7 Å². The molecule has 4 aromatic rings. The first-order chi connectivity index (χ1) is 12.6. The molecule has 0 radical (unpaired) electrons. The molecule has 6 nitrogen and oxygen atoms in total. The van der Waals surface area contributed by atoms with Crippen LogP contribution < -0.4 is 11.5 Å². The molecule has 4 N–H and O–H groups in total. The van der Waals surface area contributed by atoms with Crippen LogP contribution in [0.25, 0.3) is 22.4 Å². The van der Waals surface area contributed by atoms with Gasteiger partial charge in [0.25, 0.3) is 0 Å². The zero-order valence-corrected chi connectivity index (χ0v) is 15.0. The number of hydrogen-bond acceptors (Lipinski definition) is 7. The summed E-state index contributed by atoms with van der Waals surface area (Å²) in [6.45, 7) is 0. The van der Waals surface area contributed by atoms with E-state index in [9.17, 15) is 0 Å². The fourth-order valence-corrected chi connectivity index (χ4v) is 3.46. The molecule has 4 rings (SSSR count). The Morgan fingerprint density at radius 2 is 1.54 bits per heavy atom. The van der Waals surface area contributed by atoms with E-state index >= 15 is 0 Å². The second-order valence-electron chi connectivity index (χ2n) is 5.44. The lowest BCUT2D eigenvalue weighted by Gasteiger charge is -2.10. The van der Waals surface area contributed by atoms with E-state index in [1.807, 2.05) is 54.6 Å². The highest BCUT2D eigenvalue weighted by Gasteiger charge is 2.16. The lowest BCUT2D eigenvalue weighted by molar-refractivity contribution is 1.09. The molecule has 0 aliphatic carbocycles. The van der Waals surface area contributed by atoms with Crippen LogP contribution in [0.15, 0.2) is 64.5 Å².